The van der Waals surface area contributed by atoms with E-state index >= 15 is 0 Å². The zero-order valence-electron chi connectivity index (χ0n) is 5.69. The molecule has 0 N–H and O–H groups in total. The third-order valence-corrected chi connectivity index (χ3v) is 1.76. The molecule has 0 nitrogen and oxygen atoms in total. The van der Waals surface area contributed by atoms with Crippen LogP contribution in [0.4, 0.5) is 0 Å². The summed E-state index contributed by atoms with van der Waals surface area (Å²) in [4.78, 5) is 0. The predicted molar refractivity (Wildman–Crippen MR) is 51.7 cm³/mol. The van der Waals surface area contributed by atoms with Gasteiger partial charge in [-0.15, -0.1) is 5.92 Å². The Morgan fingerprint density at radius 2 is 2.20 bits per heavy atom. The number of benzene rings is 1. The molecule has 1 aromatic carbocycles. The molecule has 0 heterocycles. The number of hydrogen-bond acceptors (Lipinski definition) is 0. The highest BCUT2D eigenvalue weighted by atomic mass is 127. The van der Waals surface area contributed by atoms with E-state index in [1.807, 2.05) is 19.1 Å². The fraction of sp³-hybridized carbons (Fsp3) is 0.111. The normalized spacial score (nSPS) is 8.20. The van der Waals surface area contributed by atoms with Gasteiger partial charge in [0.15, 0.2) is 0 Å². The SMILES string of the molecule is CC#Cc1cccc(I)c1. The Morgan fingerprint density at radius 3 is 2.80 bits per heavy atom. The molecular formula is C9H7I. The first kappa shape index (κ1) is 7.62. The largest absolute Gasteiger partial charge is 0.101 e. The van der Waals surface area contributed by atoms with Crippen molar-refractivity contribution in [1.29, 1.82) is 0 Å². The van der Waals surface area contributed by atoms with Crippen molar-refractivity contribution >= 4 is 22.6 Å². The summed E-state index contributed by atoms with van der Waals surface area (Å²) < 4.78 is 1.23. The van der Waals surface area contributed by atoms with Crippen molar-refractivity contribution < 1.29 is 0 Å². The Bertz CT molecular complexity index is 278. The van der Waals surface area contributed by atoms with Gasteiger partial charge in [-0.1, -0.05) is 12.0 Å². The van der Waals surface area contributed by atoms with Crippen LogP contribution in [0.2, 0.25) is 0 Å². The Balaban J connectivity index is 3.03. The van der Waals surface area contributed by atoms with Crippen molar-refractivity contribution in [2.45, 2.75) is 6.92 Å². The number of halogens is 1. The lowest BCUT2D eigenvalue weighted by Crippen LogP contribution is -1.73. The van der Waals surface area contributed by atoms with Gasteiger partial charge in [0, 0.05) is 9.13 Å². The minimum atomic E-state index is 1.09. The van der Waals surface area contributed by atoms with E-state index in [2.05, 4.69) is 46.6 Å². The highest BCUT2D eigenvalue weighted by Gasteiger charge is 1.85. The van der Waals surface area contributed by atoms with E-state index in [1.165, 1.54) is 3.57 Å². The highest BCUT2D eigenvalue weighted by molar-refractivity contribution is 14.1. The summed E-state index contributed by atoms with van der Waals surface area (Å²) in [6, 6.07) is 8.15. The van der Waals surface area contributed by atoms with E-state index < -0.39 is 0 Å². The van der Waals surface area contributed by atoms with Crippen LogP contribution < -0.4 is 0 Å². The van der Waals surface area contributed by atoms with Crippen LogP contribution in [0.1, 0.15) is 12.5 Å². The van der Waals surface area contributed by atoms with Gasteiger partial charge in [-0.3, -0.25) is 0 Å². The maximum Gasteiger partial charge on any atom is 0.0255 e. The Kier molecular flexibility index (Phi) is 2.76. The third kappa shape index (κ3) is 2.03. The zero-order valence-corrected chi connectivity index (χ0v) is 7.84. The van der Waals surface area contributed by atoms with Gasteiger partial charge >= 0.3 is 0 Å². The first-order valence-electron chi connectivity index (χ1n) is 3.01. The van der Waals surface area contributed by atoms with Gasteiger partial charge in [-0.25, -0.2) is 0 Å². The van der Waals surface area contributed by atoms with E-state index in [-0.39, 0.29) is 0 Å². The quantitative estimate of drug-likeness (QED) is 0.484. The molecule has 0 radical (unpaired) electrons. The van der Waals surface area contributed by atoms with Crippen molar-refractivity contribution in [1.82, 2.24) is 0 Å². The summed E-state index contributed by atoms with van der Waals surface area (Å²) in [7, 11) is 0. The van der Waals surface area contributed by atoms with Gasteiger partial charge in [0.05, 0.1) is 0 Å². The monoisotopic (exact) mass is 242 g/mol. The molecule has 0 fully saturated rings. The van der Waals surface area contributed by atoms with Crippen molar-refractivity contribution in [2.75, 3.05) is 0 Å². The van der Waals surface area contributed by atoms with Gasteiger partial charge in [-0.05, 0) is 47.7 Å². The van der Waals surface area contributed by atoms with E-state index in [0.29, 0.717) is 0 Å². The second-order valence-electron chi connectivity index (χ2n) is 1.89. The second kappa shape index (κ2) is 3.62. The molecule has 0 aliphatic carbocycles. The van der Waals surface area contributed by atoms with Crippen molar-refractivity contribution in [3.63, 3.8) is 0 Å². The zero-order chi connectivity index (χ0) is 7.40. The molecule has 0 spiro atoms. The average molecular weight is 242 g/mol. The molecule has 0 aliphatic heterocycles. The van der Waals surface area contributed by atoms with Crippen molar-refractivity contribution in [3.8, 4) is 11.8 Å². The molecule has 1 rings (SSSR count). The topological polar surface area (TPSA) is 0 Å². The summed E-state index contributed by atoms with van der Waals surface area (Å²) in [5.74, 6) is 5.85. The lowest BCUT2D eigenvalue weighted by atomic mass is 10.2. The van der Waals surface area contributed by atoms with Crippen LogP contribution in [0.5, 0.6) is 0 Å². The molecule has 0 bridgehead atoms. The lowest BCUT2D eigenvalue weighted by Gasteiger charge is -1.89. The van der Waals surface area contributed by atoms with Gasteiger partial charge in [0.2, 0.25) is 0 Å². The molecule has 0 aliphatic rings. The van der Waals surface area contributed by atoms with E-state index in [0.717, 1.165) is 5.56 Å². The molecule has 0 atom stereocenters. The second-order valence-corrected chi connectivity index (χ2v) is 3.13. The van der Waals surface area contributed by atoms with E-state index in [1.54, 1.807) is 0 Å². The van der Waals surface area contributed by atoms with Crippen LogP contribution in [0.25, 0.3) is 0 Å². The Hall–Kier alpha value is -0.490. The Morgan fingerprint density at radius 1 is 1.40 bits per heavy atom. The molecule has 0 unspecified atom stereocenters. The molecule has 1 aromatic rings. The molecule has 10 heavy (non-hydrogen) atoms. The maximum absolute atomic E-state index is 2.99. The highest BCUT2D eigenvalue weighted by Crippen LogP contribution is 2.05. The number of hydrogen-bond donors (Lipinski definition) is 0. The van der Waals surface area contributed by atoms with Crippen LogP contribution in [0.3, 0.4) is 0 Å². The van der Waals surface area contributed by atoms with E-state index in [9.17, 15) is 0 Å². The van der Waals surface area contributed by atoms with Crippen LogP contribution in [-0.4, -0.2) is 0 Å². The van der Waals surface area contributed by atoms with Gasteiger partial charge < -0.3 is 0 Å². The summed E-state index contributed by atoms with van der Waals surface area (Å²) in [6.07, 6.45) is 0. The van der Waals surface area contributed by atoms with Crippen LogP contribution in [0.15, 0.2) is 24.3 Å². The standard InChI is InChI=1S/C9H7I/c1-2-4-8-5-3-6-9(10)7-8/h3,5-7H,1H3. The molecular weight excluding hydrogens is 235 g/mol. The van der Waals surface area contributed by atoms with Gasteiger partial charge in [-0.2, -0.15) is 0 Å². The van der Waals surface area contributed by atoms with Gasteiger partial charge in [0.1, 0.15) is 0 Å². The molecule has 50 valence electrons. The number of rotatable bonds is 0. The van der Waals surface area contributed by atoms with E-state index in [4.69, 9.17) is 0 Å². The minimum Gasteiger partial charge on any atom is -0.101 e. The first-order valence-corrected chi connectivity index (χ1v) is 4.09. The molecule has 0 aromatic heterocycles. The fourth-order valence-corrected chi connectivity index (χ4v) is 1.25. The molecule has 1 heteroatoms. The fourth-order valence-electron chi connectivity index (χ4n) is 0.711. The van der Waals surface area contributed by atoms with Crippen LogP contribution >= 0.6 is 22.6 Å². The predicted octanol–water partition coefficient (Wildman–Crippen LogP) is 2.66. The van der Waals surface area contributed by atoms with Crippen molar-refractivity contribution in [2.24, 2.45) is 0 Å². The lowest BCUT2D eigenvalue weighted by molar-refractivity contribution is 1.59. The smallest absolute Gasteiger partial charge is 0.0255 e. The summed E-state index contributed by atoms with van der Waals surface area (Å²) >= 11 is 2.28. The van der Waals surface area contributed by atoms with Crippen LogP contribution in [-0.2, 0) is 0 Å². The molecule has 0 saturated carbocycles. The molecule has 0 amide bonds. The summed E-state index contributed by atoms with van der Waals surface area (Å²) in [5.41, 5.74) is 1.09. The third-order valence-electron chi connectivity index (χ3n) is 1.09. The summed E-state index contributed by atoms with van der Waals surface area (Å²) in [6.45, 7) is 1.85. The minimum absolute atomic E-state index is 1.09. The van der Waals surface area contributed by atoms with Crippen LogP contribution in [0, 0.1) is 15.4 Å². The Labute approximate surface area is 74.8 Å². The molecule has 0 saturated heterocycles. The summed E-state index contributed by atoms with van der Waals surface area (Å²) in [5, 5.41) is 0. The first-order chi connectivity index (χ1) is 4.83. The van der Waals surface area contributed by atoms with Gasteiger partial charge in [0.25, 0.3) is 0 Å². The van der Waals surface area contributed by atoms with Crippen molar-refractivity contribution in [3.05, 3.63) is 33.4 Å². The maximum atomic E-state index is 2.99. The average Bonchev–Trinajstić information content (AvgIpc) is 1.88.